The van der Waals surface area contributed by atoms with Crippen molar-refractivity contribution < 1.29 is 9.90 Å². The number of β-amino-alcohol motifs (C(OH)–C–C–N with tert-alkyl or cyclic N) is 1. The van der Waals surface area contributed by atoms with Crippen molar-refractivity contribution in [3.05, 3.63) is 22.9 Å². The molecule has 1 saturated heterocycles. The van der Waals surface area contributed by atoms with Gasteiger partial charge in [-0.3, -0.25) is 9.69 Å². The van der Waals surface area contributed by atoms with Crippen molar-refractivity contribution in [1.82, 2.24) is 9.80 Å². The summed E-state index contributed by atoms with van der Waals surface area (Å²) in [6, 6.07) is 0. The third-order valence-corrected chi connectivity index (χ3v) is 5.07. The molecule has 0 radical (unpaired) electrons. The van der Waals surface area contributed by atoms with Crippen molar-refractivity contribution >= 4 is 6.29 Å². The van der Waals surface area contributed by atoms with E-state index in [4.69, 9.17) is 5.11 Å². The normalized spacial score (nSPS) is 23.8. The highest BCUT2D eigenvalue weighted by atomic mass is 16.3. The lowest BCUT2D eigenvalue weighted by molar-refractivity contribution is -0.104. The van der Waals surface area contributed by atoms with Gasteiger partial charge in [0.1, 0.15) is 6.29 Å². The van der Waals surface area contributed by atoms with Gasteiger partial charge in [0.05, 0.1) is 6.61 Å². The van der Waals surface area contributed by atoms with Crippen LogP contribution in [0.1, 0.15) is 40.0 Å². The summed E-state index contributed by atoms with van der Waals surface area (Å²) in [7, 11) is 0. The summed E-state index contributed by atoms with van der Waals surface area (Å²) in [6.45, 7) is 11.5. The lowest BCUT2D eigenvalue weighted by Crippen LogP contribution is -2.47. The minimum Gasteiger partial charge on any atom is -0.395 e. The number of hydrogen-bond donors (Lipinski definition) is 1. The molecule has 22 heavy (non-hydrogen) atoms. The second-order valence-corrected chi connectivity index (χ2v) is 7.13. The summed E-state index contributed by atoms with van der Waals surface area (Å²) >= 11 is 0. The molecule has 1 aliphatic heterocycles. The van der Waals surface area contributed by atoms with Crippen molar-refractivity contribution in [2.75, 3.05) is 39.3 Å². The zero-order chi connectivity index (χ0) is 16.2. The van der Waals surface area contributed by atoms with Crippen LogP contribution in [0.3, 0.4) is 0 Å². The Balaban J connectivity index is 2.21. The molecule has 1 fully saturated rings. The van der Waals surface area contributed by atoms with Gasteiger partial charge in [0.2, 0.25) is 0 Å². The van der Waals surface area contributed by atoms with Gasteiger partial charge in [0.15, 0.2) is 0 Å². The maximum Gasteiger partial charge on any atom is 0.144 e. The fourth-order valence-electron chi connectivity index (χ4n) is 3.95. The minimum absolute atomic E-state index is 0.138. The first-order valence-electron chi connectivity index (χ1n) is 8.44. The van der Waals surface area contributed by atoms with E-state index in [-0.39, 0.29) is 12.0 Å². The maximum absolute atomic E-state index is 11.2. The van der Waals surface area contributed by atoms with Crippen LogP contribution in [0.15, 0.2) is 22.9 Å². The van der Waals surface area contributed by atoms with Crippen LogP contribution in [0.25, 0.3) is 0 Å². The Kier molecular flexibility index (Phi) is 5.81. The Hall–Kier alpha value is -1.13. The summed E-state index contributed by atoms with van der Waals surface area (Å²) in [5.41, 5.74) is 4.07. The molecule has 4 nitrogen and oxygen atoms in total. The number of aldehydes is 1. The van der Waals surface area contributed by atoms with Gasteiger partial charge in [-0.2, -0.15) is 0 Å². The standard InChI is InChI=1S/C18H30N2O2/c1-15-5-4-7-18(2,3)17(15)16(6-13-21)20-10-8-19(9-11-20)12-14-22/h6,13,22H,4-5,7-12,14H2,1-3H3. The van der Waals surface area contributed by atoms with Gasteiger partial charge in [0, 0.05) is 44.5 Å². The zero-order valence-electron chi connectivity index (χ0n) is 14.3. The van der Waals surface area contributed by atoms with Crippen molar-refractivity contribution in [2.45, 2.75) is 40.0 Å². The lowest BCUT2D eigenvalue weighted by Gasteiger charge is -2.43. The second kappa shape index (κ2) is 7.42. The first-order chi connectivity index (χ1) is 10.5. The SMILES string of the molecule is CC1=C(C(=CC=O)N2CCN(CCO)CC2)C(C)(C)CCC1. The van der Waals surface area contributed by atoms with Crippen LogP contribution in [-0.2, 0) is 4.79 Å². The number of allylic oxidation sites excluding steroid dienone is 3. The summed E-state index contributed by atoms with van der Waals surface area (Å²) in [5, 5.41) is 9.06. The number of rotatable bonds is 5. The molecule has 0 aromatic rings. The number of piperazine rings is 1. The van der Waals surface area contributed by atoms with Gasteiger partial charge in [-0.25, -0.2) is 0 Å². The first kappa shape index (κ1) is 17.2. The van der Waals surface area contributed by atoms with Gasteiger partial charge in [-0.1, -0.05) is 19.4 Å². The van der Waals surface area contributed by atoms with Crippen LogP contribution < -0.4 is 0 Å². The maximum atomic E-state index is 11.2. The highest BCUT2D eigenvalue weighted by Crippen LogP contribution is 2.44. The molecule has 0 spiro atoms. The molecule has 0 saturated carbocycles. The third kappa shape index (κ3) is 3.79. The van der Waals surface area contributed by atoms with Gasteiger partial charge in [0.25, 0.3) is 0 Å². The molecule has 4 heteroatoms. The number of carbonyl (C=O) groups is 1. The fraction of sp³-hybridized carbons (Fsp3) is 0.722. The molecule has 1 N–H and O–H groups in total. The molecule has 0 amide bonds. The van der Waals surface area contributed by atoms with Crippen molar-refractivity contribution in [3.63, 3.8) is 0 Å². The van der Waals surface area contributed by atoms with Crippen molar-refractivity contribution in [1.29, 1.82) is 0 Å². The topological polar surface area (TPSA) is 43.8 Å². The van der Waals surface area contributed by atoms with E-state index < -0.39 is 0 Å². The Morgan fingerprint density at radius 3 is 2.50 bits per heavy atom. The summed E-state index contributed by atoms with van der Waals surface area (Å²) in [4.78, 5) is 15.9. The van der Waals surface area contributed by atoms with E-state index in [1.165, 1.54) is 24.0 Å². The Morgan fingerprint density at radius 1 is 1.27 bits per heavy atom. The van der Waals surface area contributed by atoms with E-state index in [2.05, 4.69) is 30.6 Å². The van der Waals surface area contributed by atoms with E-state index in [9.17, 15) is 4.79 Å². The molecule has 2 aliphatic rings. The van der Waals surface area contributed by atoms with Crippen LogP contribution in [-0.4, -0.2) is 60.5 Å². The molecule has 0 aromatic heterocycles. The summed E-state index contributed by atoms with van der Waals surface area (Å²) < 4.78 is 0. The molecule has 0 atom stereocenters. The third-order valence-electron chi connectivity index (χ3n) is 5.07. The van der Waals surface area contributed by atoms with E-state index in [0.717, 1.165) is 51.1 Å². The Bertz CT molecular complexity index is 458. The van der Waals surface area contributed by atoms with E-state index >= 15 is 0 Å². The van der Waals surface area contributed by atoms with Crippen LogP contribution >= 0.6 is 0 Å². The molecular weight excluding hydrogens is 276 g/mol. The highest BCUT2D eigenvalue weighted by molar-refractivity contribution is 5.68. The number of aliphatic hydroxyl groups excluding tert-OH is 1. The van der Waals surface area contributed by atoms with Crippen LogP contribution in [0.2, 0.25) is 0 Å². The predicted molar refractivity (Wildman–Crippen MR) is 89.6 cm³/mol. The molecule has 1 aliphatic carbocycles. The predicted octanol–water partition coefficient (Wildman–Crippen LogP) is 2.21. The molecule has 0 aromatic carbocycles. The van der Waals surface area contributed by atoms with Crippen LogP contribution in [0.5, 0.6) is 0 Å². The van der Waals surface area contributed by atoms with Crippen molar-refractivity contribution in [2.24, 2.45) is 5.41 Å². The average Bonchev–Trinajstić information content (AvgIpc) is 2.46. The van der Waals surface area contributed by atoms with E-state index in [1.54, 1.807) is 6.08 Å². The first-order valence-corrected chi connectivity index (χ1v) is 8.44. The zero-order valence-corrected chi connectivity index (χ0v) is 14.3. The van der Waals surface area contributed by atoms with Gasteiger partial charge in [-0.05, 0) is 37.2 Å². The van der Waals surface area contributed by atoms with Gasteiger partial charge in [-0.15, -0.1) is 0 Å². The second-order valence-electron chi connectivity index (χ2n) is 7.13. The summed E-state index contributed by atoms with van der Waals surface area (Å²) in [5.74, 6) is 0. The number of aliphatic hydroxyl groups is 1. The molecule has 1 heterocycles. The molecule has 0 unspecified atom stereocenters. The minimum atomic E-state index is 0.138. The monoisotopic (exact) mass is 306 g/mol. The van der Waals surface area contributed by atoms with Crippen molar-refractivity contribution in [3.8, 4) is 0 Å². The summed E-state index contributed by atoms with van der Waals surface area (Å²) in [6.07, 6.45) is 6.24. The number of hydrogen-bond acceptors (Lipinski definition) is 4. The lowest BCUT2D eigenvalue weighted by atomic mass is 9.71. The number of carbonyl (C=O) groups excluding carboxylic acids is 1. The number of nitrogens with zero attached hydrogens (tertiary/aromatic N) is 2. The highest BCUT2D eigenvalue weighted by Gasteiger charge is 2.33. The van der Waals surface area contributed by atoms with E-state index in [1.807, 2.05) is 0 Å². The Labute approximate surface area is 134 Å². The average molecular weight is 306 g/mol. The molecular formula is C18H30N2O2. The smallest absolute Gasteiger partial charge is 0.144 e. The van der Waals surface area contributed by atoms with E-state index in [0.29, 0.717) is 0 Å². The molecule has 0 bridgehead atoms. The van der Waals surface area contributed by atoms with Gasteiger partial charge < -0.3 is 10.0 Å². The largest absolute Gasteiger partial charge is 0.395 e. The molecule has 2 rings (SSSR count). The Morgan fingerprint density at radius 2 is 1.95 bits per heavy atom. The van der Waals surface area contributed by atoms with Crippen LogP contribution in [0, 0.1) is 5.41 Å². The van der Waals surface area contributed by atoms with Crippen LogP contribution in [0.4, 0.5) is 0 Å². The fourth-order valence-corrected chi connectivity index (χ4v) is 3.95. The quantitative estimate of drug-likeness (QED) is 0.625. The molecule has 124 valence electrons. The van der Waals surface area contributed by atoms with Gasteiger partial charge >= 0.3 is 0 Å².